The normalized spacial score (nSPS) is 12.3. The first-order valence-corrected chi connectivity index (χ1v) is 6.83. The minimum absolute atomic E-state index is 0.0841. The van der Waals surface area contributed by atoms with Gasteiger partial charge in [0.25, 0.3) is 5.91 Å². The molecule has 1 aromatic heterocycles. The summed E-state index contributed by atoms with van der Waals surface area (Å²) in [6.45, 7) is -0.0841. The molecule has 1 heterocycles. The summed E-state index contributed by atoms with van der Waals surface area (Å²) >= 11 is 0. The average molecular weight is 299 g/mol. The lowest BCUT2D eigenvalue weighted by Gasteiger charge is -2.12. The van der Waals surface area contributed by atoms with Gasteiger partial charge in [-0.25, -0.2) is 4.39 Å². The summed E-state index contributed by atoms with van der Waals surface area (Å²) in [5, 5.41) is 13.3. The highest BCUT2D eigenvalue weighted by Gasteiger charge is 2.16. The van der Waals surface area contributed by atoms with Gasteiger partial charge in [0, 0.05) is 17.5 Å². The molecule has 1 amide bonds. The quantitative estimate of drug-likeness (QED) is 0.778. The maximum absolute atomic E-state index is 13.6. The summed E-state index contributed by atoms with van der Waals surface area (Å²) in [6.07, 6.45) is 0.262. The fourth-order valence-corrected chi connectivity index (χ4v) is 2.29. The number of aliphatic hydroxyl groups excluding tert-OH is 1. The highest BCUT2D eigenvalue weighted by molar-refractivity contribution is 6.05. The van der Waals surface area contributed by atoms with Crippen LogP contribution in [0.15, 0.2) is 59.2 Å². The Morgan fingerprint density at radius 3 is 2.73 bits per heavy atom. The van der Waals surface area contributed by atoms with Crippen molar-refractivity contribution in [2.24, 2.45) is 0 Å². The number of carbonyl (C=O) groups is 1. The van der Waals surface area contributed by atoms with Crippen LogP contribution >= 0.6 is 0 Å². The molecular weight excluding hydrogens is 285 g/mol. The number of aliphatic hydroxyl groups is 1. The minimum Gasteiger partial charge on any atom is -0.463 e. The van der Waals surface area contributed by atoms with Crippen molar-refractivity contribution in [3.63, 3.8) is 0 Å². The molecule has 5 heteroatoms. The summed E-state index contributed by atoms with van der Waals surface area (Å²) in [7, 11) is 0. The van der Waals surface area contributed by atoms with Crippen LogP contribution in [0.3, 0.4) is 0 Å². The van der Waals surface area contributed by atoms with Crippen molar-refractivity contribution in [3.8, 4) is 0 Å². The molecule has 1 atom stereocenters. The molecule has 4 nitrogen and oxygen atoms in total. The lowest BCUT2D eigenvalue weighted by Crippen LogP contribution is -2.28. The van der Waals surface area contributed by atoms with E-state index in [9.17, 15) is 14.3 Å². The smallest absolute Gasteiger partial charge is 0.255 e. The molecule has 0 bridgehead atoms. The van der Waals surface area contributed by atoms with Gasteiger partial charge in [-0.2, -0.15) is 0 Å². The van der Waals surface area contributed by atoms with Gasteiger partial charge >= 0.3 is 0 Å². The van der Waals surface area contributed by atoms with E-state index in [-0.39, 0.29) is 18.0 Å². The van der Waals surface area contributed by atoms with Crippen molar-refractivity contribution in [3.05, 3.63) is 71.7 Å². The third kappa shape index (κ3) is 2.71. The number of nitrogens with one attached hydrogen (secondary N) is 1. The third-order valence-electron chi connectivity index (χ3n) is 3.45. The number of benzene rings is 2. The molecule has 0 radical (unpaired) electrons. The van der Waals surface area contributed by atoms with E-state index >= 15 is 0 Å². The highest BCUT2D eigenvalue weighted by atomic mass is 19.1. The molecule has 2 N–H and O–H groups in total. The van der Waals surface area contributed by atoms with Gasteiger partial charge in [-0.1, -0.05) is 36.4 Å². The Bertz CT molecular complexity index is 812. The van der Waals surface area contributed by atoms with E-state index in [2.05, 4.69) is 5.32 Å². The molecule has 2 aromatic carbocycles. The van der Waals surface area contributed by atoms with Crippen molar-refractivity contribution >= 4 is 16.9 Å². The molecule has 112 valence electrons. The molecular formula is C17H14FNO3. The molecule has 22 heavy (non-hydrogen) atoms. The van der Waals surface area contributed by atoms with E-state index in [1.807, 2.05) is 12.1 Å². The number of furan rings is 1. The van der Waals surface area contributed by atoms with Crippen molar-refractivity contribution in [2.45, 2.75) is 6.10 Å². The van der Waals surface area contributed by atoms with Crippen molar-refractivity contribution < 1.29 is 18.7 Å². The van der Waals surface area contributed by atoms with E-state index in [1.165, 1.54) is 18.4 Å². The number of fused-ring (bicyclic) bond motifs is 1. The number of amides is 1. The van der Waals surface area contributed by atoms with Crippen LogP contribution in [0.1, 0.15) is 22.0 Å². The van der Waals surface area contributed by atoms with Gasteiger partial charge in [0.05, 0.1) is 11.7 Å². The van der Waals surface area contributed by atoms with Crippen LogP contribution in [-0.4, -0.2) is 17.6 Å². The van der Waals surface area contributed by atoms with E-state index in [0.29, 0.717) is 16.5 Å². The fourth-order valence-electron chi connectivity index (χ4n) is 2.29. The van der Waals surface area contributed by atoms with Gasteiger partial charge in [0.2, 0.25) is 0 Å². The Morgan fingerprint density at radius 1 is 1.18 bits per heavy atom. The molecule has 0 aliphatic rings. The second-order valence-corrected chi connectivity index (χ2v) is 4.89. The van der Waals surface area contributed by atoms with E-state index < -0.39 is 11.9 Å². The molecule has 3 rings (SSSR count). The second kappa shape index (κ2) is 5.99. The molecule has 0 fully saturated rings. The van der Waals surface area contributed by atoms with Crippen molar-refractivity contribution in [1.82, 2.24) is 5.32 Å². The maximum Gasteiger partial charge on any atom is 0.255 e. The number of para-hydroxylation sites is 1. The topological polar surface area (TPSA) is 62.5 Å². The van der Waals surface area contributed by atoms with Crippen molar-refractivity contribution in [1.29, 1.82) is 0 Å². The Balaban J connectivity index is 1.71. The number of hydrogen-bond acceptors (Lipinski definition) is 3. The minimum atomic E-state index is -1.11. The third-order valence-corrected chi connectivity index (χ3v) is 3.45. The fraction of sp³-hybridized carbons (Fsp3) is 0.118. The van der Waals surface area contributed by atoms with E-state index in [0.717, 1.165) is 0 Å². The predicted octanol–water partition coefficient (Wildman–Crippen LogP) is 3.04. The van der Waals surface area contributed by atoms with Crippen LogP contribution in [-0.2, 0) is 0 Å². The number of halogens is 1. The average Bonchev–Trinajstić information content (AvgIpc) is 2.97. The summed E-state index contributed by atoms with van der Waals surface area (Å²) in [4.78, 5) is 12.2. The zero-order chi connectivity index (χ0) is 15.5. The Kier molecular flexibility index (Phi) is 3.89. The second-order valence-electron chi connectivity index (χ2n) is 4.89. The van der Waals surface area contributed by atoms with Crippen molar-refractivity contribution in [2.75, 3.05) is 6.54 Å². The summed E-state index contributed by atoms with van der Waals surface area (Å²) in [5.74, 6) is -0.877. The van der Waals surface area contributed by atoms with E-state index in [4.69, 9.17) is 4.42 Å². The summed E-state index contributed by atoms with van der Waals surface area (Å²) in [5.41, 5.74) is 1.15. The van der Waals surface area contributed by atoms with Crippen LogP contribution in [0.5, 0.6) is 0 Å². The lowest BCUT2D eigenvalue weighted by atomic mass is 10.1. The molecule has 0 saturated carbocycles. The Labute approximate surface area is 126 Å². The SMILES string of the molecule is O=C(NCC(O)c1ccccc1F)c1coc2ccccc12. The number of hydrogen-bond donors (Lipinski definition) is 2. The van der Waals surface area contributed by atoms with Gasteiger partial charge in [-0.15, -0.1) is 0 Å². The van der Waals surface area contributed by atoms with Crippen LogP contribution < -0.4 is 5.32 Å². The van der Waals surface area contributed by atoms with Gasteiger partial charge in [-0.05, 0) is 12.1 Å². The largest absolute Gasteiger partial charge is 0.463 e. The molecule has 0 spiro atoms. The molecule has 3 aromatic rings. The van der Waals surface area contributed by atoms with Crippen LogP contribution in [0.4, 0.5) is 4.39 Å². The highest BCUT2D eigenvalue weighted by Crippen LogP contribution is 2.21. The molecule has 0 aliphatic heterocycles. The van der Waals surface area contributed by atoms with Crippen LogP contribution in [0, 0.1) is 5.82 Å². The standard InChI is InChI=1S/C17H14FNO3/c18-14-7-3-1-6-12(14)15(20)9-19-17(21)13-10-22-16-8-4-2-5-11(13)16/h1-8,10,15,20H,9H2,(H,19,21). The van der Waals surface area contributed by atoms with Crippen LogP contribution in [0.25, 0.3) is 11.0 Å². The summed E-state index contributed by atoms with van der Waals surface area (Å²) in [6, 6.07) is 13.1. The first-order chi connectivity index (χ1) is 10.7. The van der Waals surface area contributed by atoms with Crippen LogP contribution in [0.2, 0.25) is 0 Å². The zero-order valence-corrected chi connectivity index (χ0v) is 11.6. The van der Waals surface area contributed by atoms with Gasteiger partial charge < -0.3 is 14.8 Å². The summed E-state index contributed by atoms with van der Waals surface area (Å²) < 4.78 is 18.9. The molecule has 0 aliphatic carbocycles. The Morgan fingerprint density at radius 2 is 1.91 bits per heavy atom. The molecule has 1 unspecified atom stereocenters. The number of carbonyl (C=O) groups excluding carboxylic acids is 1. The first-order valence-electron chi connectivity index (χ1n) is 6.83. The number of rotatable bonds is 4. The maximum atomic E-state index is 13.6. The first kappa shape index (κ1) is 14.3. The van der Waals surface area contributed by atoms with Gasteiger partial charge in [-0.3, -0.25) is 4.79 Å². The Hall–Kier alpha value is -2.66. The predicted molar refractivity (Wildman–Crippen MR) is 79.9 cm³/mol. The lowest BCUT2D eigenvalue weighted by molar-refractivity contribution is 0.0915. The monoisotopic (exact) mass is 299 g/mol. The van der Waals surface area contributed by atoms with Gasteiger partial charge in [0.15, 0.2) is 0 Å². The van der Waals surface area contributed by atoms with Gasteiger partial charge in [0.1, 0.15) is 17.7 Å². The van der Waals surface area contributed by atoms with E-state index in [1.54, 1.807) is 24.3 Å². The zero-order valence-electron chi connectivity index (χ0n) is 11.6. The molecule has 0 saturated heterocycles.